The zero-order chi connectivity index (χ0) is 26.8. The average Bonchev–Trinajstić information content (AvgIpc) is 3.30. The van der Waals surface area contributed by atoms with Gasteiger partial charge < -0.3 is 10.5 Å². The van der Waals surface area contributed by atoms with Crippen molar-refractivity contribution in [3.05, 3.63) is 105 Å². The number of amides is 1. The molecule has 5 rings (SSSR count). The number of nitrogens with zero attached hydrogens (tertiary/aromatic N) is 2. The molecule has 0 aromatic heterocycles. The maximum atomic E-state index is 13.5. The van der Waals surface area contributed by atoms with E-state index in [1.807, 2.05) is 55.5 Å². The lowest BCUT2D eigenvalue weighted by Crippen LogP contribution is -2.34. The topological polar surface area (TPSA) is 85.0 Å². The van der Waals surface area contributed by atoms with Gasteiger partial charge >= 0.3 is 5.97 Å². The van der Waals surface area contributed by atoms with Gasteiger partial charge in [-0.15, -0.1) is 0 Å². The van der Waals surface area contributed by atoms with Gasteiger partial charge in [0.05, 0.1) is 17.3 Å². The summed E-state index contributed by atoms with van der Waals surface area (Å²) in [5.41, 5.74) is 11.4. The van der Waals surface area contributed by atoms with Crippen molar-refractivity contribution in [2.45, 2.75) is 32.2 Å². The molecule has 0 bridgehead atoms. The summed E-state index contributed by atoms with van der Waals surface area (Å²) in [4.78, 5) is 26.1. The van der Waals surface area contributed by atoms with Crippen molar-refractivity contribution in [1.82, 2.24) is 5.01 Å². The fraction of sp³-hybridized carbons (Fsp3) is 0.233. The zero-order valence-corrected chi connectivity index (χ0v) is 22.4. The van der Waals surface area contributed by atoms with E-state index in [0.29, 0.717) is 21.3 Å². The second-order valence-corrected chi connectivity index (χ2v) is 10.5. The molecule has 1 aliphatic heterocycles. The van der Waals surface area contributed by atoms with E-state index >= 15 is 0 Å². The Bertz CT molecular complexity index is 1450. The zero-order valence-electron chi connectivity index (χ0n) is 20.9. The van der Waals surface area contributed by atoms with Crippen LogP contribution in [-0.2, 0) is 9.53 Å². The molecule has 1 amide bonds. The summed E-state index contributed by atoms with van der Waals surface area (Å²) in [7, 11) is 0. The molecule has 3 aromatic carbocycles. The summed E-state index contributed by atoms with van der Waals surface area (Å²) < 4.78 is 5.38. The number of halogens is 2. The molecule has 2 aliphatic rings. The van der Waals surface area contributed by atoms with E-state index < -0.39 is 18.5 Å². The first-order valence-electron chi connectivity index (χ1n) is 12.5. The largest absolute Gasteiger partial charge is 0.452 e. The Morgan fingerprint density at radius 2 is 1.87 bits per heavy atom. The predicted octanol–water partition coefficient (Wildman–Crippen LogP) is 6.86. The summed E-state index contributed by atoms with van der Waals surface area (Å²) in [5, 5.41) is 7.56. The van der Waals surface area contributed by atoms with Crippen LogP contribution in [0.5, 0.6) is 0 Å². The van der Waals surface area contributed by atoms with Crippen molar-refractivity contribution in [1.29, 1.82) is 0 Å². The minimum atomic E-state index is -0.612. The van der Waals surface area contributed by atoms with Gasteiger partial charge in [-0.3, -0.25) is 4.79 Å². The van der Waals surface area contributed by atoms with Gasteiger partial charge in [-0.25, -0.2) is 9.80 Å². The maximum Gasteiger partial charge on any atom is 0.338 e. The first-order chi connectivity index (χ1) is 18.3. The number of ether oxygens (including phenoxy) is 1. The Labute approximate surface area is 231 Å². The molecule has 2 unspecified atom stereocenters. The van der Waals surface area contributed by atoms with Gasteiger partial charge in [-0.1, -0.05) is 53.5 Å². The Kier molecular flexibility index (Phi) is 7.54. The van der Waals surface area contributed by atoms with E-state index in [-0.39, 0.29) is 12.0 Å². The molecule has 1 aliphatic carbocycles. The number of fused-ring (bicyclic) bond motifs is 1. The summed E-state index contributed by atoms with van der Waals surface area (Å²) >= 11 is 12.4. The first kappa shape index (κ1) is 26.0. The number of carbonyl (C=O) groups excluding carboxylic acids is 2. The van der Waals surface area contributed by atoms with Crippen molar-refractivity contribution >= 4 is 52.6 Å². The molecular formula is C30H27Cl2N3O3. The monoisotopic (exact) mass is 547 g/mol. The number of hydrazone groups is 1. The summed E-state index contributed by atoms with van der Waals surface area (Å²) in [6, 6.07) is 19.7. The molecule has 1 fully saturated rings. The number of hydrogen-bond donors (Lipinski definition) is 1. The predicted molar refractivity (Wildman–Crippen MR) is 151 cm³/mol. The third kappa shape index (κ3) is 5.47. The normalized spacial score (nSPS) is 19.7. The van der Waals surface area contributed by atoms with Gasteiger partial charge in [0.15, 0.2) is 6.61 Å². The highest BCUT2D eigenvalue weighted by molar-refractivity contribution is 6.31. The van der Waals surface area contributed by atoms with E-state index in [4.69, 9.17) is 38.8 Å². The first-order valence-corrected chi connectivity index (χ1v) is 13.2. The van der Waals surface area contributed by atoms with Gasteiger partial charge in [0, 0.05) is 21.7 Å². The van der Waals surface area contributed by atoms with Crippen molar-refractivity contribution in [2.24, 2.45) is 11.0 Å². The molecule has 3 aromatic rings. The lowest BCUT2D eigenvalue weighted by atomic mass is 9.77. The van der Waals surface area contributed by atoms with Gasteiger partial charge in [0.25, 0.3) is 5.91 Å². The third-order valence-corrected chi connectivity index (χ3v) is 7.49. The molecule has 1 saturated carbocycles. The lowest BCUT2D eigenvalue weighted by Gasteiger charge is -2.29. The summed E-state index contributed by atoms with van der Waals surface area (Å²) in [6.07, 6.45) is 4.78. The number of esters is 1. The maximum absolute atomic E-state index is 13.5. The Balaban J connectivity index is 1.43. The molecule has 2 N–H and O–H groups in total. The lowest BCUT2D eigenvalue weighted by molar-refractivity contribution is -0.137. The van der Waals surface area contributed by atoms with E-state index in [2.05, 4.69) is 6.08 Å². The second kappa shape index (κ2) is 11.0. The van der Waals surface area contributed by atoms with E-state index in [1.165, 1.54) is 5.01 Å². The highest BCUT2D eigenvalue weighted by Crippen LogP contribution is 2.44. The van der Waals surface area contributed by atoms with Crippen LogP contribution < -0.4 is 5.73 Å². The molecule has 0 spiro atoms. The quantitative estimate of drug-likeness (QED) is 0.279. The SMILES string of the molecule is Cc1ccc(C(=O)OCC(=O)N2N=C3C(=Cc4cccc(Cl)c4)CCCC3C2c2ccc(Cl)cc2)cc1N. The van der Waals surface area contributed by atoms with Crippen LogP contribution >= 0.6 is 23.2 Å². The number of hydrogen-bond acceptors (Lipinski definition) is 5. The Hall–Kier alpha value is -3.61. The number of nitrogens with two attached hydrogens (primary N) is 1. The molecule has 0 radical (unpaired) electrons. The van der Waals surface area contributed by atoms with Crippen LogP contribution in [0.2, 0.25) is 10.0 Å². The van der Waals surface area contributed by atoms with Gasteiger partial charge in [-0.05, 0) is 90.9 Å². The number of nitrogen functional groups attached to an aromatic ring is 1. The van der Waals surface area contributed by atoms with Crippen molar-refractivity contribution in [2.75, 3.05) is 12.3 Å². The van der Waals surface area contributed by atoms with Gasteiger partial charge in [0.1, 0.15) is 0 Å². The van der Waals surface area contributed by atoms with Crippen molar-refractivity contribution in [3.8, 4) is 0 Å². The fourth-order valence-electron chi connectivity index (χ4n) is 5.04. The van der Waals surface area contributed by atoms with Crippen LogP contribution in [0.4, 0.5) is 5.69 Å². The number of rotatable bonds is 5. The molecule has 6 nitrogen and oxygen atoms in total. The molecule has 194 valence electrons. The molecular weight excluding hydrogens is 521 g/mol. The molecule has 0 saturated heterocycles. The van der Waals surface area contributed by atoms with Crippen LogP contribution in [0.1, 0.15) is 52.4 Å². The van der Waals surface area contributed by atoms with Crippen molar-refractivity contribution in [3.63, 3.8) is 0 Å². The number of anilines is 1. The summed E-state index contributed by atoms with van der Waals surface area (Å²) in [5.74, 6) is -1.01. The standard InChI is InChI=1S/C30H27Cl2N3O3/c1-18-8-9-22(16-26(18)33)30(37)38-17-27(36)35-29(20-10-12-23(31)13-11-20)25-7-3-5-21(28(25)34-35)14-19-4-2-6-24(32)15-19/h2,4,6,8-16,25,29H,3,5,7,17,33H2,1H3. The Morgan fingerprint density at radius 3 is 2.61 bits per heavy atom. The molecule has 2 atom stereocenters. The Morgan fingerprint density at radius 1 is 1.08 bits per heavy atom. The van der Waals surface area contributed by atoms with Crippen LogP contribution in [0, 0.1) is 12.8 Å². The molecule has 8 heteroatoms. The average molecular weight is 548 g/mol. The van der Waals surface area contributed by atoms with E-state index in [0.717, 1.165) is 47.2 Å². The van der Waals surface area contributed by atoms with Crippen LogP contribution in [0.25, 0.3) is 6.08 Å². The smallest absolute Gasteiger partial charge is 0.338 e. The molecule has 1 heterocycles. The highest BCUT2D eigenvalue weighted by atomic mass is 35.5. The summed E-state index contributed by atoms with van der Waals surface area (Å²) in [6.45, 7) is 1.42. The second-order valence-electron chi connectivity index (χ2n) is 9.59. The molecule has 38 heavy (non-hydrogen) atoms. The van der Waals surface area contributed by atoms with Crippen LogP contribution in [0.3, 0.4) is 0 Å². The third-order valence-electron chi connectivity index (χ3n) is 7.00. The minimum Gasteiger partial charge on any atom is -0.452 e. The fourth-order valence-corrected chi connectivity index (χ4v) is 5.37. The van der Waals surface area contributed by atoms with E-state index in [9.17, 15) is 9.59 Å². The minimum absolute atomic E-state index is 0.00640. The van der Waals surface area contributed by atoms with Gasteiger partial charge in [0.2, 0.25) is 0 Å². The van der Waals surface area contributed by atoms with E-state index in [1.54, 1.807) is 18.2 Å². The van der Waals surface area contributed by atoms with Crippen LogP contribution in [-0.4, -0.2) is 29.2 Å². The number of carbonyl (C=O) groups is 2. The van der Waals surface area contributed by atoms with Crippen LogP contribution in [0.15, 0.2) is 77.4 Å². The number of allylic oxidation sites excluding steroid dienone is 1. The highest BCUT2D eigenvalue weighted by Gasteiger charge is 2.43. The van der Waals surface area contributed by atoms with Crippen molar-refractivity contribution < 1.29 is 14.3 Å². The van der Waals surface area contributed by atoms with Gasteiger partial charge in [-0.2, -0.15) is 5.10 Å². The number of aryl methyl sites for hydroxylation is 1. The number of benzene rings is 3.